The van der Waals surface area contributed by atoms with Gasteiger partial charge in [-0.2, -0.15) is 5.10 Å². The average Bonchev–Trinajstić information content (AvgIpc) is 2.75. The zero-order valence-corrected chi connectivity index (χ0v) is 14.7. The maximum atomic E-state index is 12.6. The van der Waals surface area contributed by atoms with Crippen molar-refractivity contribution < 1.29 is 9.53 Å². The lowest BCUT2D eigenvalue weighted by molar-refractivity contribution is 0.102. The normalized spacial score (nSPS) is 10.9. The van der Waals surface area contributed by atoms with E-state index in [0.29, 0.717) is 5.56 Å². The van der Waals surface area contributed by atoms with Crippen LogP contribution in [0.3, 0.4) is 0 Å². The van der Waals surface area contributed by atoms with E-state index >= 15 is 0 Å². The number of amides is 1. The molecule has 0 saturated heterocycles. The summed E-state index contributed by atoms with van der Waals surface area (Å²) in [6.07, 6.45) is 0.125. The Bertz CT molecular complexity index is 717. The molecule has 124 valence electrons. The van der Waals surface area contributed by atoms with Gasteiger partial charge in [0.05, 0.1) is 17.4 Å². The van der Waals surface area contributed by atoms with E-state index in [1.807, 2.05) is 64.4 Å². The zero-order valence-electron chi connectivity index (χ0n) is 14.7. The number of carbonyl (C=O) groups excluding carboxylic acids is 1. The summed E-state index contributed by atoms with van der Waals surface area (Å²) >= 11 is 0. The third kappa shape index (κ3) is 3.73. The van der Waals surface area contributed by atoms with Gasteiger partial charge in [-0.15, -0.1) is 0 Å². The van der Waals surface area contributed by atoms with Gasteiger partial charge in [-0.3, -0.25) is 9.48 Å². The van der Waals surface area contributed by atoms with Crippen LogP contribution in [0.5, 0.6) is 5.75 Å². The summed E-state index contributed by atoms with van der Waals surface area (Å²) < 4.78 is 7.51. The molecule has 0 atom stereocenters. The van der Waals surface area contributed by atoms with Gasteiger partial charge in [0.25, 0.3) is 5.91 Å². The monoisotopic (exact) mass is 315 g/mol. The molecule has 0 unspecified atom stereocenters. The summed E-state index contributed by atoms with van der Waals surface area (Å²) in [5, 5.41) is 7.37. The van der Waals surface area contributed by atoms with Crippen molar-refractivity contribution in [3.8, 4) is 5.75 Å². The van der Waals surface area contributed by atoms with Crippen molar-refractivity contribution in [3.05, 3.63) is 40.7 Å². The summed E-state index contributed by atoms with van der Waals surface area (Å²) in [6.45, 7) is 12.5. The lowest BCUT2D eigenvalue weighted by Gasteiger charge is -2.13. The van der Waals surface area contributed by atoms with Gasteiger partial charge in [0.15, 0.2) is 0 Å². The Kier molecular flexibility index (Phi) is 5.08. The summed E-state index contributed by atoms with van der Waals surface area (Å²) in [5.41, 5.74) is 4.04. The van der Waals surface area contributed by atoms with Crippen LogP contribution in [0, 0.1) is 20.8 Å². The van der Waals surface area contributed by atoms with E-state index in [4.69, 9.17) is 4.74 Å². The topological polar surface area (TPSA) is 56.2 Å². The van der Waals surface area contributed by atoms with Crippen LogP contribution < -0.4 is 10.1 Å². The smallest absolute Gasteiger partial charge is 0.259 e. The molecular formula is C18H25N3O2. The molecule has 0 fully saturated rings. The molecule has 0 spiro atoms. The molecule has 0 aliphatic rings. The van der Waals surface area contributed by atoms with Crippen molar-refractivity contribution in [2.75, 3.05) is 5.32 Å². The Hall–Kier alpha value is -2.30. The first kappa shape index (κ1) is 17.1. The number of rotatable bonds is 5. The van der Waals surface area contributed by atoms with Crippen LogP contribution in [0.25, 0.3) is 0 Å². The first-order valence-corrected chi connectivity index (χ1v) is 7.96. The van der Waals surface area contributed by atoms with Gasteiger partial charge in [0.2, 0.25) is 0 Å². The largest absolute Gasteiger partial charge is 0.491 e. The van der Waals surface area contributed by atoms with E-state index in [-0.39, 0.29) is 12.0 Å². The third-order valence-electron chi connectivity index (χ3n) is 3.73. The number of aryl methyl sites for hydroxylation is 3. The first-order chi connectivity index (χ1) is 10.8. The molecule has 23 heavy (non-hydrogen) atoms. The fraction of sp³-hybridized carbons (Fsp3) is 0.444. The lowest BCUT2D eigenvalue weighted by atomic mass is 10.1. The van der Waals surface area contributed by atoms with Gasteiger partial charge in [0, 0.05) is 17.9 Å². The number of anilines is 1. The molecule has 0 aliphatic heterocycles. The Balaban J connectivity index is 2.22. The molecule has 5 heteroatoms. The molecule has 1 amide bonds. The van der Waals surface area contributed by atoms with Crippen LogP contribution in [0.4, 0.5) is 5.69 Å². The second kappa shape index (κ2) is 6.86. The number of nitrogens with one attached hydrogen (secondary N) is 1. The van der Waals surface area contributed by atoms with Crippen LogP contribution in [-0.4, -0.2) is 21.8 Å². The summed E-state index contributed by atoms with van der Waals surface area (Å²) in [4.78, 5) is 12.6. The van der Waals surface area contributed by atoms with Gasteiger partial charge >= 0.3 is 0 Å². The van der Waals surface area contributed by atoms with Crippen LogP contribution >= 0.6 is 0 Å². The highest BCUT2D eigenvalue weighted by molar-refractivity contribution is 6.06. The van der Waals surface area contributed by atoms with Gasteiger partial charge in [-0.05, 0) is 65.3 Å². The number of ether oxygens (including phenoxy) is 1. The standard InChI is InChI=1S/C18H25N3O2/c1-7-21-14(6)17(13(5)20-21)18(22)19-16-9-8-15(10-12(16)4)23-11(2)3/h8-11H,7H2,1-6H3,(H,19,22). The van der Waals surface area contributed by atoms with Gasteiger partial charge < -0.3 is 10.1 Å². The van der Waals surface area contributed by atoms with Crippen LogP contribution in [-0.2, 0) is 6.54 Å². The number of aromatic nitrogens is 2. The fourth-order valence-electron chi connectivity index (χ4n) is 2.64. The summed E-state index contributed by atoms with van der Waals surface area (Å²) in [6, 6.07) is 5.68. The van der Waals surface area contributed by atoms with E-state index in [1.54, 1.807) is 0 Å². The molecule has 0 aliphatic carbocycles. The van der Waals surface area contributed by atoms with Crippen molar-refractivity contribution in [1.82, 2.24) is 9.78 Å². The van der Waals surface area contributed by atoms with Crippen LogP contribution in [0.1, 0.15) is 48.1 Å². The van der Waals surface area contributed by atoms with Crippen LogP contribution in [0.2, 0.25) is 0 Å². The van der Waals surface area contributed by atoms with Crippen molar-refractivity contribution in [2.45, 2.75) is 54.2 Å². The van der Waals surface area contributed by atoms with Gasteiger partial charge in [-0.25, -0.2) is 0 Å². The second-order valence-electron chi connectivity index (χ2n) is 5.96. The van der Waals surface area contributed by atoms with E-state index in [0.717, 1.165) is 34.9 Å². The van der Waals surface area contributed by atoms with E-state index in [9.17, 15) is 4.79 Å². The maximum absolute atomic E-state index is 12.6. The number of benzene rings is 1. The molecular weight excluding hydrogens is 290 g/mol. The predicted molar refractivity (Wildman–Crippen MR) is 92.3 cm³/mol. The van der Waals surface area contributed by atoms with Crippen molar-refractivity contribution in [1.29, 1.82) is 0 Å². The minimum atomic E-state index is -0.125. The summed E-state index contributed by atoms with van der Waals surface area (Å²) in [7, 11) is 0. The molecule has 0 bridgehead atoms. The maximum Gasteiger partial charge on any atom is 0.259 e. The highest BCUT2D eigenvalue weighted by atomic mass is 16.5. The molecule has 0 saturated carbocycles. The van der Waals surface area contributed by atoms with E-state index < -0.39 is 0 Å². The quantitative estimate of drug-likeness (QED) is 0.911. The minimum absolute atomic E-state index is 0.125. The third-order valence-corrected chi connectivity index (χ3v) is 3.73. The Morgan fingerprint density at radius 2 is 2.00 bits per heavy atom. The van der Waals surface area contributed by atoms with Crippen molar-refractivity contribution in [2.24, 2.45) is 0 Å². The molecule has 1 aromatic heterocycles. The number of nitrogens with zero attached hydrogens (tertiary/aromatic N) is 2. The highest BCUT2D eigenvalue weighted by Crippen LogP contribution is 2.23. The van der Waals surface area contributed by atoms with Gasteiger partial charge in [0.1, 0.15) is 5.75 Å². The molecule has 1 heterocycles. The second-order valence-corrected chi connectivity index (χ2v) is 5.96. The van der Waals surface area contributed by atoms with Gasteiger partial charge in [-0.1, -0.05) is 0 Å². The average molecular weight is 315 g/mol. The zero-order chi connectivity index (χ0) is 17.1. The first-order valence-electron chi connectivity index (χ1n) is 7.96. The number of hydrogen-bond acceptors (Lipinski definition) is 3. The van der Waals surface area contributed by atoms with Crippen LogP contribution in [0.15, 0.2) is 18.2 Å². The number of carbonyl (C=O) groups is 1. The molecule has 2 rings (SSSR count). The predicted octanol–water partition coefficient (Wildman–Crippen LogP) is 3.87. The van der Waals surface area contributed by atoms with E-state index in [1.165, 1.54) is 0 Å². The number of hydrogen-bond donors (Lipinski definition) is 1. The molecule has 1 aromatic carbocycles. The Labute approximate surface area is 137 Å². The minimum Gasteiger partial charge on any atom is -0.491 e. The molecule has 2 aromatic rings. The fourth-order valence-corrected chi connectivity index (χ4v) is 2.64. The summed E-state index contributed by atoms with van der Waals surface area (Å²) in [5.74, 6) is 0.682. The SMILES string of the molecule is CCn1nc(C)c(C(=O)Nc2ccc(OC(C)C)cc2C)c1C. The highest BCUT2D eigenvalue weighted by Gasteiger charge is 2.18. The lowest BCUT2D eigenvalue weighted by Crippen LogP contribution is -2.15. The van der Waals surface area contributed by atoms with Crippen molar-refractivity contribution >= 4 is 11.6 Å². The van der Waals surface area contributed by atoms with E-state index in [2.05, 4.69) is 10.4 Å². The molecule has 1 N–H and O–H groups in total. The van der Waals surface area contributed by atoms with Crippen molar-refractivity contribution in [3.63, 3.8) is 0 Å². The Morgan fingerprint density at radius 1 is 1.30 bits per heavy atom. The molecule has 0 radical (unpaired) electrons. The Morgan fingerprint density at radius 3 is 2.52 bits per heavy atom. The molecule has 5 nitrogen and oxygen atoms in total.